The Morgan fingerprint density at radius 1 is 1.10 bits per heavy atom. The molecule has 1 fully saturated rings. The van der Waals surface area contributed by atoms with E-state index in [4.69, 9.17) is 0 Å². The van der Waals surface area contributed by atoms with Crippen molar-refractivity contribution in [2.24, 2.45) is 5.92 Å². The fraction of sp³-hybridized carbons (Fsp3) is 0.304. The molecule has 0 atom stereocenters. The fourth-order valence-electron chi connectivity index (χ4n) is 3.89. The Bertz CT molecular complexity index is 1020. The van der Waals surface area contributed by atoms with Crippen LogP contribution in [-0.2, 0) is 11.2 Å². The summed E-state index contributed by atoms with van der Waals surface area (Å²) < 4.78 is 27.4. The van der Waals surface area contributed by atoms with E-state index in [1.807, 2.05) is 6.07 Å². The minimum Gasteiger partial charge on any atom is -0.371 e. The number of hydrogen-bond acceptors (Lipinski definition) is 3. The number of halogens is 2. The van der Waals surface area contributed by atoms with Gasteiger partial charge in [0.05, 0.1) is 11.9 Å². The second-order valence-electron chi connectivity index (χ2n) is 7.49. The fourth-order valence-corrected chi connectivity index (χ4v) is 3.89. The van der Waals surface area contributed by atoms with E-state index < -0.39 is 0 Å². The zero-order valence-corrected chi connectivity index (χ0v) is 16.1. The molecule has 0 aliphatic carbocycles. The summed E-state index contributed by atoms with van der Waals surface area (Å²) in [5.74, 6) is -0.398. The number of pyridine rings is 1. The summed E-state index contributed by atoms with van der Waals surface area (Å²) >= 11 is 0. The maximum Gasteiger partial charge on any atom is 0.224 e. The molecule has 29 heavy (non-hydrogen) atoms. The quantitative estimate of drug-likeness (QED) is 0.708. The van der Waals surface area contributed by atoms with Crippen LogP contribution in [0, 0.1) is 17.6 Å². The Kier molecular flexibility index (Phi) is 5.69. The van der Waals surface area contributed by atoms with E-state index in [-0.39, 0.29) is 24.0 Å². The molecule has 1 amide bonds. The summed E-state index contributed by atoms with van der Waals surface area (Å²) in [6, 6.07) is 12.9. The third-order valence-corrected chi connectivity index (χ3v) is 5.53. The molecule has 0 unspecified atom stereocenters. The van der Waals surface area contributed by atoms with Crippen LogP contribution < -0.4 is 10.2 Å². The summed E-state index contributed by atoms with van der Waals surface area (Å²) in [5, 5.41) is 3.76. The third kappa shape index (κ3) is 4.53. The second-order valence-corrected chi connectivity index (χ2v) is 7.49. The zero-order chi connectivity index (χ0) is 20.2. The average Bonchev–Trinajstić information content (AvgIpc) is 2.74. The number of piperidine rings is 1. The van der Waals surface area contributed by atoms with Gasteiger partial charge in [0.1, 0.15) is 11.6 Å². The normalized spacial score (nSPS) is 14.9. The van der Waals surface area contributed by atoms with E-state index in [1.54, 1.807) is 30.5 Å². The number of fused-ring (bicyclic) bond motifs is 1. The van der Waals surface area contributed by atoms with Gasteiger partial charge in [0.2, 0.25) is 5.91 Å². The van der Waals surface area contributed by atoms with Gasteiger partial charge in [-0.15, -0.1) is 0 Å². The molecular formula is C23H23F2N3O. The summed E-state index contributed by atoms with van der Waals surface area (Å²) in [7, 11) is 0. The molecule has 1 aliphatic rings. The van der Waals surface area contributed by atoms with Crippen LogP contribution in [0.3, 0.4) is 0 Å². The lowest BCUT2D eigenvalue weighted by molar-refractivity contribution is -0.120. The van der Waals surface area contributed by atoms with Crippen LogP contribution in [0.2, 0.25) is 0 Å². The van der Waals surface area contributed by atoms with Crippen molar-refractivity contribution in [3.8, 4) is 0 Å². The molecule has 4 rings (SSSR count). The zero-order valence-electron chi connectivity index (χ0n) is 16.1. The van der Waals surface area contributed by atoms with Crippen LogP contribution in [0.15, 0.2) is 54.7 Å². The summed E-state index contributed by atoms with van der Waals surface area (Å²) in [6.07, 6.45) is 3.67. The van der Waals surface area contributed by atoms with Crippen molar-refractivity contribution in [1.29, 1.82) is 0 Å². The number of rotatable bonds is 5. The van der Waals surface area contributed by atoms with Crippen molar-refractivity contribution in [2.45, 2.75) is 19.3 Å². The summed E-state index contributed by atoms with van der Waals surface area (Å²) in [5.41, 5.74) is 2.19. The molecule has 0 bridgehead atoms. The molecule has 1 saturated heterocycles. The van der Waals surface area contributed by atoms with Gasteiger partial charge in [-0.25, -0.2) is 8.78 Å². The molecule has 2 aromatic carbocycles. The van der Waals surface area contributed by atoms with Gasteiger partial charge in [0, 0.05) is 36.9 Å². The topological polar surface area (TPSA) is 45.2 Å². The van der Waals surface area contributed by atoms with Crippen LogP contribution >= 0.6 is 0 Å². The number of carbonyl (C=O) groups is 1. The van der Waals surface area contributed by atoms with Gasteiger partial charge in [-0.1, -0.05) is 18.2 Å². The van der Waals surface area contributed by atoms with Gasteiger partial charge in [0.15, 0.2) is 0 Å². The van der Waals surface area contributed by atoms with E-state index >= 15 is 0 Å². The SMILES string of the molecule is O=C(Cc1ccccc1F)NCC1CCN(c2ccnc3ccc(F)cc23)CC1. The van der Waals surface area contributed by atoms with E-state index in [9.17, 15) is 13.6 Å². The molecule has 4 nitrogen and oxygen atoms in total. The van der Waals surface area contributed by atoms with Crippen LogP contribution in [0.5, 0.6) is 0 Å². The first kappa shape index (κ1) is 19.3. The lowest BCUT2D eigenvalue weighted by atomic mass is 9.96. The van der Waals surface area contributed by atoms with Gasteiger partial charge in [-0.05, 0) is 54.7 Å². The highest BCUT2D eigenvalue weighted by Crippen LogP contribution is 2.29. The minimum atomic E-state index is -0.350. The van der Waals surface area contributed by atoms with Gasteiger partial charge in [0.25, 0.3) is 0 Å². The van der Waals surface area contributed by atoms with Crippen LogP contribution in [0.25, 0.3) is 10.9 Å². The molecule has 0 spiro atoms. The van der Waals surface area contributed by atoms with E-state index in [0.29, 0.717) is 18.0 Å². The third-order valence-electron chi connectivity index (χ3n) is 5.53. The van der Waals surface area contributed by atoms with Crippen molar-refractivity contribution in [1.82, 2.24) is 10.3 Å². The first-order valence-corrected chi connectivity index (χ1v) is 9.89. The summed E-state index contributed by atoms with van der Waals surface area (Å²) in [6.45, 7) is 2.26. The van der Waals surface area contributed by atoms with Gasteiger partial charge in [-0.2, -0.15) is 0 Å². The van der Waals surface area contributed by atoms with E-state index in [1.165, 1.54) is 18.2 Å². The van der Waals surface area contributed by atoms with Gasteiger partial charge < -0.3 is 10.2 Å². The van der Waals surface area contributed by atoms with Crippen LogP contribution in [-0.4, -0.2) is 30.5 Å². The first-order chi connectivity index (χ1) is 14.1. The maximum absolute atomic E-state index is 13.7. The highest BCUT2D eigenvalue weighted by atomic mass is 19.1. The summed E-state index contributed by atoms with van der Waals surface area (Å²) in [4.78, 5) is 18.7. The Morgan fingerprint density at radius 2 is 1.90 bits per heavy atom. The molecule has 1 aliphatic heterocycles. The molecule has 1 N–H and O–H groups in total. The van der Waals surface area contributed by atoms with Crippen LogP contribution in [0.1, 0.15) is 18.4 Å². The van der Waals surface area contributed by atoms with E-state index in [2.05, 4.69) is 15.2 Å². The molecular weight excluding hydrogens is 372 g/mol. The molecule has 3 aromatic rings. The number of amides is 1. The van der Waals surface area contributed by atoms with Gasteiger partial charge in [-0.3, -0.25) is 9.78 Å². The molecule has 1 aromatic heterocycles. The Balaban J connectivity index is 1.32. The second kappa shape index (κ2) is 8.55. The Labute approximate surface area is 168 Å². The molecule has 0 saturated carbocycles. The number of aromatic nitrogens is 1. The number of anilines is 1. The number of carbonyl (C=O) groups excluding carboxylic acids is 1. The average molecular weight is 395 g/mol. The molecule has 6 heteroatoms. The smallest absolute Gasteiger partial charge is 0.224 e. The Hall–Kier alpha value is -3.02. The van der Waals surface area contributed by atoms with Gasteiger partial charge >= 0.3 is 0 Å². The van der Waals surface area contributed by atoms with E-state index in [0.717, 1.165) is 42.5 Å². The van der Waals surface area contributed by atoms with Crippen molar-refractivity contribution >= 4 is 22.5 Å². The van der Waals surface area contributed by atoms with Crippen molar-refractivity contribution < 1.29 is 13.6 Å². The number of benzene rings is 2. The maximum atomic E-state index is 13.7. The lowest BCUT2D eigenvalue weighted by Gasteiger charge is -2.34. The predicted molar refractivity (Wildman–Crippen MR) is 110 cm³/mol. The van der Waals surface area contributed by atoms with Crippen LogP contribution in [0.4, 0.5) is 14.5 Å². The number of nitrogens with zero attached hydrogens (tertiary/aromatic N) is 2. The highest BCUT2D eigenvalue weighted by Gasteiger charge is 2.21. The minimum absolute atomic E-state index is 0.0556. The van der Waals surface area contributed by atoms with Crippen molar-refractivity contribution in [3.63, 3.8) is 0 Å². The standard InChI is InChI=1S/C23H23F2N3O/c24-18-5-6-21-19(14-18)22(7-10-26-21)28-11-8-16(9-12-28)15-27-23(29)13-17-3-1-2-4-20(17)25/h1-7,10,14,16H,8-9,11-13,15H2,(H,27,29). The monoisotopic (exact) mass is 395 g/mol. The largest absolute Gasteiger partial charge is 0.371 e. The lowest BCUT2D eigenvalue weighted by Crippen LogP contribution is -2.39. The molecule has 2 heterocycles. The number of nitrogens with one attached hydrogen (secondary N) is 1. The highest BCUT2D eigenvalue weighted by molar-refractivity contribution is 5.91. The molecule has 150 valence electrons. The number of hydrogen-bond donors (Lipinski definition) is 1. The van der Waals surface area contributed by atoms with Crippen molar-refractivity contribution in [2.75, 3.05) is 24.5 Å². The predicted octanol–water partition coefficient (Wildman–Crippen LogP) is 4.09. The van der Waals surface area contributed by atoms with Crippen molar-refractivity contribution in [3.05, 3.63) is 71.9 Å². The Morgan fingerprint density at radius 3 is 2.69 bits per heavy atom. The molecule has 0 radical (unpaired) electrons. The first-order valence-electron chi connectivity index (χ1n) is 9.89.